The number of nitrogens with one attached hydrogen (secondary N) is 2. The minimum atomic E-state index is -0.310. The van der Waals surface area contributed by atoms with Crippen LogP contribution in [0.5, 0.6) is 0 Å². The minimum absolute atomic E-state index is 0.0565. The molecule has 0 bridgehead atoms. The van der Waals surface area contributed by atoms with Crippen molar-refractivity contribution in [1.29, 1.82) is 0 Å². The molecule has 0 aromatic heterocycles. The van der Waals surface area contributed by atoms with E-state index in [9.17, 15) is 14.0 Å². The van der Waals surface area contributed by atoms with Gasteiger partial charge in [-0.05, 0) is 24.1 Å². The van der Waals surface area contributed by atoms with E-state index < -0.39 is 0 Å². The predicted octanol–water partition coefficient (Wildman–Crippen LogP) is 0.903. The van der Waals surface area contributed by atoms with Gasteiger partial charge in [-0.2, -0.15) is 0 Å². The largest absolute Gasteiger partial charge is 0.358 e. The molecule has 0 spiro atoms. The second-order valence-corrected chi connectivity index (χ2v) is 6.02. The summed E-state index contributed by atoms with van der Waals surface area (Å²) in [5, 5.41) is 6.86. The topological polar surface area (TPSA) is 74.8 Å². The fourth-order valence-corrected chi connectivity index (χ4v) is 2.69. The maximum Gasteiger partial charge on any atom is 0.275 e. The van der Waals surface area contributed by atoms with Crippen molar-refractivity contribution in [3.8, 4) is 0 Å². The molecule has 4 N–H and O–H groups in total. The Kier molecular flexibility index (Phi) is 7.29. The zero-order valence-corrected chi connectivity index (χ0v) is 15.1. The Morgan fingerprint density at radius 2 is 1.81 bits per heavy atom. The van der Waals surface area contributed by atoms with Gasteiger partial charge in [-0.25, -0.2) is 4.39 Å². The molecule has 0 saturated heterocycles. The van der Waals surface area contributed by atoms with Gasteiger partial charge in [-0.15, -0.1) is 0 Å². The molecule has 2 aromatic rings. The second kappa shape index (κ2) is 9.68. The molecular weight excluding hydrogens is 333 g/mol. The summed E-state index contributed by atoms with van der Waals surface area (Å²) in [4.78, 5) is 23.2. The average Bonchev–Trinajstić information content (AvgIpc) is 2.66. The number of quaternary nitrogens is 1. The van der Waals surface area contributed by atoms with Crippen LogP contribution < -0.4 is 16.0 Å². The summed E-state index contributed by atoms with van der Waals surface area (Å²) in [6.07, 6.45) is 0.941. The molecule has 0 aliphatic carbocycles. The van der Waals surface area contributed by atoms with Crippen molar-refractivity contribution in [2.45, 2.75) is 19.4 Å². The maximum atomic E-state index is 13.7. The fraction of sp³-hybridized carbons (Fsp3) is 0.300. The van der Waals surface area contributed by atoms with Gasteiger partial charge in [0, 0.05) is 18.2 Å². The molecule has 0 saturated carbocycles. The number of benzene rings is 2. The van der Waals surface area contributed by atoms with Crippen molar-refractivity contribution in [1.82, 2.24) is 10.6 Å². The first-order chi connectivity index (χ1) is 12.5. The maximum absolute atomic E-state index is 13.7. The molecule has 0 aliphatic rings. The van der Waals surface area contributed by atoms with E-state index in [0.717, 1.165) is 17.5 Å². The highest BCUT2D eigenvalue weighted by molar-refractivity contribution is 5.84. The van der Waals surface area contributed by atoms with Gasteiger partial charge in [-0.3, -0.25) is 9.59 Å². The van der Waals surface area contributed by atoms with E-state index >= 15 is 0 Å². The summed E-state index contributed by atoms with van der Waals surface area (Å²) in [5.74, 6) is -0.814. The van der Waals surface area contributed by atoms with Crippen LogP contribution in [0.25, 0.3) is 0 Å². The Hall–Kier alpha value is -2.73. The van der Waals surface area contributed by atoms with Gasteiger partial charge in [0.15, 0.2) is 6.54 Å². The lowest BCUT2D eigenvalue weighted by molar-refractivity contribution is -0.676. The molecule has 2 rings (SSSR count). The van der Waals surface area contributed by atoms with E-state index in [2.05, 4.69) is 17.6 Å². The number of likely N-dealkylation sites (N-methyl/N-ethyl adjacent to an activating group) is 1. The van der Waals surface area contributed by atoms with Gasteiger partial charge in [0.25, 0.3) is 5.91 Å². The van der Waals surface area contributed by atoms with E-state index in [1.165, 1.54) is 24.7 Å². The number of aryl methyl sites for hydroxylation is 1. The standard InChI is InChI=1S/C20H24FN3O2/c1-3-14-7-9-15(10-8-14)20(16-5-4-6-17(21)11-16)24-13-19(26)23-12-18(25)22-2/h4-11,20,24H,3,12-13H2,1-2H3,(H,22,25)(H,23,26)/p+1/t20-/m0/s1. The summed E-state index contributed by atoms with van der Waals surface area (Å²) in [6, 6.07) is 14.3. The third-order valence-corrected chi connectivity index (χ3v) is 4.22. The number of nitrogens with two attached hydrogens (primary N) is 1. The van der Waals surface area contributed by atoms with E-state index in [-0.39, 0.29) is 36.8 Å². The molecule has 0 aliphatic heterocycles. The van der Waals surface area contributed by atoms with Crippen LogP contribution in [0.15, 0.2) is 48.5 Å². The number of carbonyl (C=O) groups excluding carboxylic acids is 2. The van der Waals surface area contributed by atoms with Crippen molar-refractivity contribution >= 4 is 11.8 Å². The summed E-state index contributed by atoms with van der Waals surface area (Å²) >= 11 is 0. The monoisotopic (exact) mass is 358 g/mol. The molecule has 1 atom stereocenters. The molecule has 0 heterocycles. The van der Waals surface area contributed by atoms with Crippen LogP contribution in [-0.2, 0) is 16.0 Å². The Morgan fingerprint density at radius 3 is 2.42 bits per heavy atom. The molecular formula is C20H25FN3O2+. The molecule has 6 heteroatoms. The lowest BCUT2D eigenvalue weighted by atomic mass is 9.97. The number of rotatable bonds is 8. The molecule has 2 amide bonds. The number of hydrogen-bond acceptors (Lipinski definition) is 2. The molecule has 5 nitrogen and oxygen atoms in total. The Bertz CT molecular complexity index is 747. The number of carbonyl (C=O) groups is 2. The first-order valence-electron chi connectivity index (χ1n) is 8.68. The smallest absolute Gasteiger partial charge is 0.275 e. The lowest BCUT2D eigenvalue weighted by Crippen LogP contribution is -2.87. The highest BCUT2D eigenvalue weighted by Crippen LogP contribution is 2.20. The van der Waals surface area contributed by atoms with Crippen molar-refractivity contribution in [2.75, 3.05) is 20.1 Å². The zero-order chi connectivity index (χ0) is 18.9. The van der Waals surface area contributed by atoms with Crippen LogP contribution in [0.4, 0.5) is 4.39 Å². The van der Waals surface area contributed by atoms with Gasteiger partial charge >= 0.3 is 0 Å². The normalized spacial score (nSPS) is 11.7. The third kappa shape index (κ3) is 5.67. The zero-order valence-electron chi connectivity index (χ0n) is 15.1. The summed E-state index contributed by atoms with van der Waals surface area (Å²) < 4.78 is 13.7. The van der Waals surface area contributed by atoms with E-state index in [0.29, 0.717) is 0 Å². The molecule has 0 unspecified atom stereocenters. The first-order valence-corrected chi connectivity index (χ1v) is 8.68. The molecule has 26 heavy (non-hydrogen) atoms. The van der Waals surface area contributed by atoms with E-state index in [1.54, 1.807) is 6.07 Å². The highest BCUT2D eigenvalue weighted by atomic mass is 19.1. The van der Waals surface area contributed by atoms with Crippen LogP contribution in [0.3, 0.4) is 0 Å². The quantitative estimate of drug-likeness (QED) is 0.656. The fourth-order valence-electron chi connectivity index (χ4n) is 2.69. The van der Waals surface area contributed by atoms with Crippen LogP contribution in [0.2, 0.25) is 0 Å². The van der Waals surface area contributed by atoms with Gasteiger partial charge in [0.1, 0.15) is 11.9 Å². The van der Waals surface area contributed by atoms with Crippen molar-refractivity contribution in [2.24, 2.45) is 0 Å². The summed E-state index contributed by atoms with van der Waals surface area (Å²) in [7, 11) is 1.51. The van der Waals surface area contributed by atoms with Crippen LogP contribution >= 0.6 is 0 Å². The Labute approximate surface area is 153 Å². The van der Waals surface area contributed by atoms with Gasteiger partial charge in [0.05, 0.1) is 6.54 Å². The molecule has 0 fully saturated rings. The highest BCUT2D eigenvalue weighted by Gasteiger charge is 2.19. The second-order valence-electron chi connectivity index (χ2n) is 6.02. The molecule has 138 valence electrons. The Morgan fingerprint density at radius 1 is 1.08 bits per heavy atom. The van der Waals surface area contributed by atoms with Crippen LogP contribution in [0, 0.1) is 5.82 Å². The van der Waals surface area contributed by atoms with Crippen molar-refractivity contribution in [3.63, 3.8) is 0 Å². The summed E-state index contributed by atoms with van der Waals surface area (Å²) in [5.41, 5.74) is 3.00. The molecule has 0 radical (unpaired) electrons. The predicted molar refractivity (Wildman–Crippen MR) is 97.9 cm³/mol. The molecule has 2 aromatic carbocycles. The van der Waals surface area contributed by atoms with Gasteiger partial charge in [-0.1, -0.05) is 43.3 Å². The minimum Gasteiger partial charge on any atom is -0.358 e. The average molecular weight is 358 g/mol. The van der Waals surface area contributed by atoms with Crippen LogP contribution in [0.1, 0.15) is 29.7 Å². The van der Waals surface area contributed by atoms with E-state index in [1.807, 2.05) is 35.6 Å². The summed E-state index contributed by atoms with van der Waals surface area (Å²) in [6.45, 7) is 2.16. The lowest BCUT2D eigenvalue weighted by Gasteiger charge is -2.17. The van der Waals surface area contributed by atoms with Crippen molar-refractivity contribution in [3.05, 3.63) is 71.0 Å². The number of hydrogen-bond donors (Lipinski definition) is 3. The number of amides is 2. The first kappa shape index (κ1) is 19.6. The van der Waals surface area contributed by atoms with E-state index in [4.69, 9.17) is 0 Å². The third-order valence-electron chi connectivity index (χ3n) is 4.22. The van der Waals surface area contributed by atoms with Crippen LogP contribution in [-0.4, -0.2) is 32.0 Å². The SMILES string of the molecule is CCc1ccc([C@H]([NH2+]CC(=O)NCC(=O)NC)c2cccc(F)c2)cc1. The number of halogens is 1. The Balaban J connectivity index is 2.13. The van der Waals surface area contributed by atoms with Gasteiger partial charge < -0.3 is 16.0 Å². The van der Waals surface area contributed by atoms with Crippen molar-refractivity contribution < 1.29 is 19.3 Å². The van der Waals surface area contributed by atoms with Gasteiger partial charge in [0.2, 0.25) is 5.91 Å².